The standard InChI is InChI=1S/C59H64O11/c1-2-3-34-59-68-54-51(63-38-45-28-16-7-17-29-45)55(69-59)53(56(70-59)52(54)64-39-46-30-18-8-19-31-46)67-58-57(65-40-47-32-20-9-21-33-47)50(62-37-44-26-14-6-15-27-44)49(61-36-43-24-12-5-13-25-43)48(66-58)41-60-35-42-22-10-4-11-23-42/h4-33,48-58H,2-3,34-41H2,1H3/t48-,49-,50+,51-,52+,53?,54?,55+,56-,57+,58-,59?/m1/s1. The maximum absolute atomic E-state index is 7.47. The van der Waals surface area contributed by atoms with Gasteiger partial charge in [0.25, 0.3) is 5.97 Å². The number of ether oxygens (including phenoxy) is 11. The third-order valence-electron chi connectivity index (χ3n) is 13.4. The van der Waals surface area contributed by atoms with Gasteiger partial charge in [-0.1, -0.05) is 195 Å². The van der Waals surface area contributed by atoms with Crippen molar-refractivity contribution in [3.63, 3.8) is 0 Å². The van der Waals surface area contributed by atoms with E-state index < -0.39 is 73.3 Å². The summed E-state index contributed by atoms with van der Waals surface area (Å²) in [5.74, 6) is -1.29. The van der Waals surface area contributed by atoms with E-state index in [0.29, 0.717) is 32.8 Å². The highest BCUT2D eigenvalue weighted by molar-refractivity contribution is 5.19. The number of rotatable bonds is 24. The molecule has 11 nitrogen and oxygen atoms in total. The molecule has 4 aliphatic heterocycles. The van der Waals surface area contributed by atoms with Crippen LogP contribution < -0.4 is 0 Å². The first-order valence-corrected chi connectivity index (χ1v) is 24.8. The molecule has 0 spiro atoms. The summed E-state index contributed by atoms with van der Waals surface area (Å²) in [6, 6.07) is 60.7. The summed E-state index contributed by atoms with van der Waals surface area (Å²) in [6.45, 7) is 4.21. The lowest BCUT2D eigenvalue weighted by Gasteiger charge is -2.63. The molecule has 70 heavy (non-hydrogen) atoms. The quantitative estimate of drug-likeness (QED) is 0.0580. The minimum absolute atomic E-state index is 0.178. The smallest absolute Gasteiger partial charge is 0.284 e. The Labute approximate surface area is 411 Å². The van der Waals surface area contributed by atoms with E-state index in [1.807, 2.05) is 133 Å². The van der Waals surface area contributed by atoms with Crippen molar-refractivity contribution in [3.8, 4) is 0 Å². The van der Waals surface area contributed by atoms with E-state index in [0.717, 1.165) is 46.2 Å². The van der Waals surface area contributed by atoms with Crippen molar-refractivity contribution in [2.24, 2.45) is 0 Å². The molecule has 4 bridgehead atoms. The Bertz CT molecular complexity index is 2370. The van der Waals surface area contributed by atoms with Crippen molar-refractivity contribution in [1.82, 2.24) is 0 Å². The van der Waals surface area contributed by atoms with Gasteiger partial charge in [-0.05, 0) is 39.8 Å². The van der Waals surface area contributed by atoms with Crippen molar-refractivity contribution in [1.29, 1.82) is 0 Å². The molecule has 4 heterocycles. The zero-order chi connectivity index (χ0) is 47.4. The average molecular weight is 949 g/mol. The van der Waals surface area contributed by atoms with Gasteiger partial charge in [0, 0.05) is 6.42 Å². The van der Waals surface area contributed by atoms with Gasteiger partial charge < -0.3 is 52.1 Å². The van der Waals surface area contributed by atoms with E-state index in [9.17, 15) is 0 Å². The molecule has 6 aromatic rings. The summed E-state index contributed by atoms with van der Waals surface area (Å²) in [5.41, 5.74) is 6.09. The monoisotopic (exact) mass is 948 g/mol. The van der Waals surface area contributed by atoms with Gasteiger partial charge in [0.2, 0.25) is 0 Å². The number of unbranched alkanes of at least 4 members (excludes halogenated alkanes) is 1. The molecule has 1 aliphatic carbocycles. The Morgan fingerprint density at radius 3 is 1.13 bits per heavy atom. The highest BCUT2D eigenvalue weighted by atomic mass is 16.9. The van der Waals surface area contributed by atoms with Crippen LogP contribution in [-0.2, 0) is 91.7 Å². The molecule has 5 fully saturated rings. The van der Waals surface area contributed by atoms with E-state index >= 15 is 0 Å². The van der Waals surface area contributed by atoms with Crippen molar-refractivity contribution in [2.45, 2.75) is 139 Å². The zero-order valence-electron chi connectivity index (χ0n) is 39.7. The van der Waals surface area contributed by atoms with Crippen molar-refractivity contribution < 1.29 is 52.1 Å². The van der Waals surface area contributed by atoms with Crippen LogP contribution in [0.25, 0.3) is 0 Å². The molecular weight excluding hydrogens is 885 g/mol. The van der Waals surface area contributed by atoms with Crippen molar-refractivity contribution >= 4 is 0 Å². The van der Waals surface area contributed by atoms with Crippen LogP contribution in [0.3, 0.4) is 0 Å². The van der Waals surface area contributed by atoms with Crippen LogP contribution in [0, 0.1) is 0 Å². The number of hydrogen-bond acceptors (Lipinski definition) is 11. The lowest BCUT2D eigenvalue weighted by atomic mass is 9.80. The van der Waals surface area contributed by atoms with Crippen LogP contribution in [-0.4, -0.2) is 79.9 Å². The Morgan fingerprint density at radius 2 is 0.729 bits per heavy atom. The minimum atomic E-state index is -1.29. The molecular formula is C59H64O11. The van der Waals surface area contributed by atoms with Gasteiger partial charge in [-0.15, -0.1) is 0 Å². The third kappa shape index (κ3) is 12.0. The fourth-order valence-corrected chi connectivity index (χ4v) is 9.88. The van der Waals surface area contributed by atoms with E-state index in [-0.39, 0.29) is 19.8 Å². The maximum atomic E-state index is 7.47. The minimum Gasteiger partial charge on any atom is -0.374 e. The van der Waals surface area contributed by atoms with Gasteiger partial charge in [-0.2, -0.15) is 0 Å². The predicted molar refractivity (Wildman–Crippen MR) is 262 cm³/mol. The summed E-state index contributed by atoms with van der Waals surface area (Å²) in [4.78, 5) is 0. The highest BCUT2D eigenvalue weighted by Crippen LogP contribution is 2.51. The van der Waals surface area contributed by atoms with Crippen molar-refractivity contribution in [2.75, 3.05) is 6.61 Å². The SMILES string of the molecule is CCCCC12OC3[C@@H](OCc4ccccc4)[C@H](O1)C(O[C@H]1O[C@H](COCc4ccccc4)[C@@H](OCc4ccccc4)[C@H](OCc4ccccc4)[C@@H]1OCc1ccccc1)[C@H](O2)[C@H]3OCc1ccccc1. The lowest BCUT2D eigenvalue weighted by molar-refractivity contribution is -0.549. The Hall–Kier alpha value is -5.12. The summed E-state index contributed by atoms with van der Waals surface area (Å²) >= 11 is 0. The second-order valence-corrected chi connectivity index (χ2v) is 18.5. The van der Waals surface area contributed by atoms with E-state index in [2.05, 4.69) is 55.5 Å². The van der Waals surface area contributed by atoms with Gasteiger partial charge in [0.1, 0.15) is 61.0 Å². The predicted octanol–water partition coefficient (Wildman–Crippen LogP) is 10.3. The first-order chi connectivity index (χ1) is 34.6. The van der Waals surface area contributed by atoms with Crippen LogP contribution in [0.5, 0.6) is 0 Å². The number of hydrogen-bond donors (Lipinski definition) is 0. The summed E-state index contributed by atoms with van der Waals surface area (Å²) in [7, 11) is 0. The molecule has 11 heteroatoms. The van der Waals surface area contributed by atoms with Crippen LogP contribution in [0.4, 0.5) is 0 Å². The van der Waals surface area contributed by atoms with E-state index in [1.54, 1.807) is 0 Å². The maximum Gasteiger partial charge on any atom is 0.284 e. The summed E-state index contributed by atoms with van der Waals surface area (Å²) in [6.07, 6.45) is -5.28. The highest BCUT2D eigenvalue weighted by Gasteiger charge is 2.69. The van der Waals surface area contributed by atoms with Gasteiger partial charge in [-0.25, -0.2) is 0 Å². The molecule has 0 radical (unpaired) electrons. The van der Waals surface area contributed by atoms with Crippen LogP contribution >= 0.6 is 0 Å². The van der Waals surface area contributed by atoms with Gasteiger partial charge in [0.15, 0.2) is 6.29 Å². The first-order valence-electron chi connectivity index (χ1n) is 24.8. The zero-order valence-corrected chi connectivity index (χ0v) is 39.7. The normalized spacial score (nSPS) is 29.0. The first kappa shape index (κ1) is 48.5. The molecule has 5 aliphatic rings. The van der Waals surface area contributed by atoms with E-state index in [1.165, 1.54) is 0 Å². The molecule has 12 atom stereocenters. The molecule has 4 saturated heterocycles. The number of benzene rings is 6. The molecule has 0 N–H and O–H groups in total. The fraction of sp³-hybridized carbons (Fsp3) is 0.390. The third-order valence-corrected chi connectivity index (χ3v) is 13.4. The lowest BCUT2D eigenvalue weighted by Crippen LogP contribution is -2.80. The molecule has 366 valence electrons. The van der Waals surface area contributed by atoms with Crippen LogP contribution in [0.2, 0.25) is 0 Å². The Morgan fingerprint density at radius 1 is 0.386 bits per heavy atom. The van der Waals surface area contributed by atoms with Crippen LogP contribution in [0.1, 0.15) is 59.6 Å². The van der Waals surface area contributed by atoms with Crippen molar-refractivity contribution in [3.05, 3.63) is 215 Å². The second-order valence-electron chi connectivity index (χ2n) is 18.5. The largest absolute Gasteiger partial charge is 0.374 e. The Kier molecular flexibility index (Phi) is 16.5. The molecule has 0 amide bonds. The molecule has 0 aromatic heterocycles. The summed E-state index contributed by atoms with van der Waals surface area (Å²) in [5, 5.41) is 0. The van der Waals surface area contributed by atoms with E-state index in [4.69, 9.17) is 52.1 Å². The summed E-state index contributed by atoms with van der Waals surface area (Å²) < 4.78 is 77.0. The molecule has 11 rings (SSSR count). The van der Waals surface area contributed by atoms with Gasteiger partial charge in [0.05, 0.1) is 46.2 Å². The molecule has 6 aromatic carbocycles. The second kappa shape index (κ2) is 23.9. The fourth-order valence-electron chi connectivity index (χ4n) is 9.88. The Balaban J connectivity index is 1.02. The topological polar surface area (TPSA) is 102 Å². The van der Waals surface area contributed by atoms with Gasteiger partial charge in [-0.3, -0.25) is 0 Å². The van der Waals surface area contributed by atoms with Crippen LogP contribution in [0.15, 0.2) is 182 Å². The average Bonchev–Trinajstić information content (AvgIpc) is 3.41. The van der Waals surface area contributed by atoms with Gasteiger partial charge >= 0.3 is 0 Å². The molecule has 1 saturated carbocycles. The molecule has 3 unspecified atom stereocenters.